The fraction of sp³-hybridized carbons (Fsp3) is 0.600. The minimum Gasteiger partial charge on any atom is -0.330 e. The van der Waals surface area contributed by atoms with E-state index in [9.17, 15) is 13.2 Å². The van der Waals surface area contributed by atoms with Crippen LogP contribution in [0.2, 0.25) is 0 Å². The Morgan fingerprint density at radius 3 is 2.27 bits per heavy atom. The van der Waals surface area contributed by atoms with Crippen LogP contribution in [0.5, 0.6) is 0 Å². The van der Waals surface area contributed by atoms with E-state index in [1.165, 1.54) is 6.07 Å². The molecule has 0 saturated heterocycles. The van der Waals surface area contributed by atoms with Gasteiger partial charge in [0.1, 0.15) is 4.88 Å². The highest BCUT2D eigenvalue weighted by atomic mass is 32.1. The molecule has 0 radical (unpaired) electrons. The summed E-state index contributed by atoms with van der Waals surface area (Å²) >= 11 is 0.802. The molecule has 0 fully saturated rings. The predicted molar refractivity (Wildman–Crippen MR) is 55.9 cm³/mol. The van der Waals surface area contributed by atoms with Gasteiger partial charge >= 0.3 is 6.18 Å². The van der Waals surface area contributed by atoms with E-state index in [0.29, 0.717) is 13.0 Å². The van der Waals surface area contributed by atoms with Crippen molar-refractivity contribution in [3.05, 3.63) is 21.9 Å². The first kappa shape index (κ1) is 12.5. The molecule has 0 atom stereocenters. The molecule has 15 heavy (non-hydrogen) atoms. The highest BCUT2D eigenvalue weighted by Crippen LogP contribution is 2.36. The van der Waals surface area contributed by atoms with E-state index in [0.717, 1.165) is 22.3 Å². The van der Waals surface area contributed by atoms with E-state index in [1.807, 2.05) is 13.8 Å². The summed E-state index contributed by atoms with van der Waals surface area (Å²) < 4.78 is 36.9. The first-order valence-electron chi connectivity index (χ1n) is 4.60. The van der Waals surface area contributed by atoms with Crippen LogP contribution in [0.3, 0.4) is 0 Å². The number of thiophene rings is 1. The number of halogens is 3. The third-order valence-electron chi connectivity index (χ3n) is 2.15. The fourth-order valence-electron chi connectivity index (χ4n) is 1.17. The maximum absolute atomic E-state index is 12.3. The van der Waals surface area contributed by atoms with Crippen LogP contribution in [0.15, 0.2) is 12.1 Å². The Balaban J connectivity index is 2.78. The molecule has 1 rings (SSSR count). The monoisotopic (exact) mass is 237 g/mol. The molecule has 0 saturated carbocycles. The van der Waals surface area contributed by atoms with E-state index < -0.39 is 11.1 Å². The Labute approximate surface area is 91.1 Å². The Bertz CT molecular complexity index is 328. The van der Waals surface area contributed by atoms with Crippen molar-refractivity contribution in [1.82, 2.24) is 0 Å². The van der Waals surface area contributed by atoms with Gasteiger partial charge in [0, 0.05) is 4.88 Å². The first-order valence-corrected chi connectivity index (χ1v) is 5.42. The van der Waals surface area contributed by atoms with Crippen molar-refractivity contribution < 1.29 is 13.2 Å². The third-order valence-corrected chi connectivity index (χ3v) is 3.28. The van der Waals surface area contributed by atoms with Gasteiger partial charge in [-0.2, -0.15) is 13.2 Å². The fourth-order valence-corrected chi connectivity index (χ4v) is 2.30. The summed E-state index contributed by atoms with van der Waals surface area (Å²) in [6, 6.07) is 2.66. The van der Waals surface area contributed by atoms with Gasteiger partial charge in [-0.3, -0.25) is 0 Å². The van der Waals surface area contributed by atoms with Gasteiger partial charge in [0.15, 0.2) is 0 Å². The molecular formula is C10H14F3NS. The van der Waals surface area contributed by atoms with E-state index in [4.69, 9.17) is 5.73 Å². The Morgan fingerprint density at radius 1 is 1.27 bits per heavy atom. The summed E-state index contributed by atoms with van der Waals surface area (Å²) in [7, 11) is 0. The van der Waals surface area contributed by atoms with Crippen molar-refractivity contribution >= 4 is 11.3 Å². The number of hydrogen-bond donors (Lipinski definition) is 1. The van der Waals surface area contributed by atoms with Crippen LogP contribution in [-0.2, 0) is 12.6 Å². The highest BCUT2D eigenvalue weighted by Gasteiger charge is 2.32. The zero-order chi connectivity index (χ0) is 11.7. The summed E-state index contributed by atoms with van der Waals surface area (Å²) in [6.45, 7) is 4.35. The molecule has 0 amide bonds. The van der Waals surface area contributed by atoms with E-state index in [1.54, 1.807) is 0 Å². The van der Waals surface area contributed by atoms with Crippen LogP contribution in [0, 0.1) is 5.41 Å². The van der Waals surface area contributed by atoms with Crippen molar-refractivity contribution in [3.8, 4) is 0 Å². The Hall–Kier alpha value is -0.550. The quantitative estimate of drug-likeness (QED) is 0.857. The molecule has 0 unspecified atom stereocenters. The molecule has 1 aromatic rings. The van der Waals surface area contributed by atoms with Crippen LogP contribution in [0.1, 0.15) is 23.6 Å². The zero-order valence-electron chi connectivity index (χ0n) is 8.69. The second-order valence-electron chi connectivity index (χ2n) is 4.31. The summed E-state index contributed by atoms with van der Waals surface area (Å²) in [5, 5.41) is 0. The number of alkyl halides is 3. The third kappa shape index (κ3) is 3.50. The zero-order valence-corrected chi connectivity index (χ0v) is 9.50. The normalized spacial score (nSPS) is 13.2. The van der Waals surface area contributed by atoms with E-state index >= 15 is 0 Å². The highest BCUT2D eigenvalue weighted by molar-refractivity contribution is 7.12. The van der Waals surface area contributed by atoms with Gasteiger partial charge < -0.3 is 5.73 Å². The number of rotatable bonds is 3. The molecule has 0 aliphatic rings. The van der Waals surface area contributed by atoms with Gasteiger partial charge in [-0.25, -0.2) is 0 Å². The SMILES string of the molecule is CC(C)(CN)Cc1ccc(C(F)(F)F)s1. The average Bonchev–Trinajstić information content (AvgIpc) is 2.51. The van der Waals surface area contributed by atoms with Crippen LogP contribution in [0.4, 0.5) is 13.2 Å². The van der Waals surface area contributed by atoms with Crippen LogP contribution < -0.4 is 5.73 Å². The molecule has 2 N–H and O–H groups in total. The first-order chi connectivity index (χ1) is 6.74. The Morgan fingerprint density at radius 2 is 1.87 bits per heavy atom. The topological polar surface area (TPSA) is 26.0 Å². The molecule has 1 nitrogen and oxygen atoms in total. The van der Waals surface area contributed by atoms with Crippen molar-refractivity contribution in [2.45, 2.75) is 26.4 Å². The predicted octanol–water partition coefficient (Wildman–Crippen LogP) is 3.29. The largest absolute Gasteiger partial charge is 0.425 e. The average molecular weight is 237 g/mol. The molecule has 0 aromatic carbocycles. The van der Waals surface area contributed by atoms with Gasteiger partial charge in [0.05, 0.1) is 0 Å². The second-order valence-corrected chi connectivity index (χ2v) is 5.48. The van der Waals surface area contributed by atoms with E-state index in [-0.39, 0.29) is 5.41 Å². The molecule has 86 valence electrons. The van der Waals surface area contributed by atoms with Crippen molar-refractivity contribution in [1.29, 1.82) is 0 Å². The lowest BCUT2D eigenvalue weighted by Crippen LogP contribution is -2.25. The summed E-state index contributed by atoms with van der Waals surface area (Å²) in [5.74, 6) is 0. The van der Waals surface area contributed by atoms with Gasteiger partial charge in [-0.05, 0) is 30.5 Å². The second kappa shape index (κ2) is 4.14. The van der Waals surface area contributed by atoms with Crippen molar-refractivity contribution in [2.75, 3.05) is 6.54 Å². The lowest BCUT2D eigenvalue weighted by Gasteiger charge is -2.20. The Kier molecular flexibility index (Phi) is 3.45. The molecule has 1 heterocycles. The maximum Gasteiger partial charge on any atom is 0.425 e. The van der Waals surface area contributed by atoms with Crippen LogP contribution in [0.25, 0.3) is 0 Å². The standard InChI is InChI=1S/C10H14F3NS/c1-9(2,6-14)5-7-3-4-8(15-7)10(11,12)13/h3-4H,5-6,14H2,1-2H3. The van der Waals surface area contributed by atoms with Crippen LogP contribution in [-0.4, -0.2) is 6.54 Å². The minimum absolute atomic E-state index is 0.145. The lowest BCUT2D eigenvalue weighted by atomic mass is 9.89. The summed E-state index contributed by atoms with van der Waals surface area (Å²) in [5.41, 5.74) is 5.38. The van der Waals surface area contributed by atoms with E-state index in [2.05, 4.69) is 0 Å². The molecule has 0 aliphatic heterocycles. The number of nitrogens with two attached hydrogens (primary N) is 1. The van der Waals surface area contributed by atoms with Crippen LogP contribution >= 0.6 is 11.3 Å². The molecule has 1 aromatic heterocycles. The molecule has 5 heteroatoms. The van der Waals surface area contributed by atoms with Crippen molar-refractivity contribution in [3.63, 3.8) is 0 Å². The van der Waals surface area contributed by atoms with Gasteiger partial charge in [-0.15, -0.1) is 11.3 Å². The molecule has 0 spiro atoms. The molecule has 0 bridgehead atoms. The molecule has 0 aliphatic carbocycles. The van der Waals surface area contributed by atoms with Crippen molar-refractivity contribution in [2.24, 2.45) is 11.1 Å². The molecular weight excluding hydrogens is 223 g/mol. The van der Waals surface area contributed by atoms with Gasteiger partial charge in [0.25, 0.3) is 0 Å². The number of hydrogen-bond acceptors (Lipinski definition) is 2. The smallest absolute Gasteiger partial charge is 0.330 e. The summed E-state index contributed by atoms with van der Waals surface area (Å²) in [4.78, 5) is 0.197. The lowest BCUT2D eigenvalue weighted by molar-refractivity contribution is -0.134. The van der Waals surface area contributed by atoms with Gasteiger partial charge in [-0.1, -0.05) is 13.8 Å². The summed E-state index contributed by atoms with van der Waals surface area (Å²) in [6.07, 6.45) is -3.64. The van der Waals surface area contributed by atoms with Gasteiger partial charge in [0.2, 0.25) is 0 Å². The maximum atomic E-state index is 12.3. The minimum atomic E-state index is -4.23.